The minimum atomic E-state index is -0.638. The molecule has 0 spiro atoms. The number of fused-ring (bicyclic) bond motifs is 1. The van der Waals surface area contributed by atoms with Crippen LogP contribution in [0.25, 0.3) is 0 Å². The van der Waals surface area contributed by atoms with Crippen molar-refractivity contribution in [3.63, 3.8) is 0 Å². The van der Waals surface area contributed by atoms with Crippen LogP contribution in [0.4, 0.5) is 0 Å². The average molecular weight is 427 g/mol. The summed E-state index contributed by atoms with van der Waals surface area (Å²) in [6.07, 6.45) is 11.3. The summed E-state index contributed by atoms with van der Waals surface area (Å²) in [5.74, 6) is 1.55. The third-order valence-corrected chi connectivity index (χ3v) is 8.68. The van der Waals surface area contributed by atoms with Crippen LogP contribution < -0.4 is 0 Å². The smallest absolute Gasteiger partial charge is 0.310 e. The van der Waals surface area contributed by atoms with Gasteiger partial charge in [0.1, 0.15) is 6.10 Å². The van der Waals surface area contributed by atoms with Gasteiger partial charge >= 0.3 is 5.97 Å². The predicted octanol–water partition coefficient (Wildman–Crippen LogP) is 5.03. The summed E-state index contributed by atoms with van der Waals surface area (Å²) in [4.78, 5) is 11.6. The van der Waals surface area contributed by atoms with Crippen LogP contribution in [0.1, 0.15) is 71.6 Å². The van der Waals surface area contributed by atoms with Gasteiger partial charge in [-0.1, -0.05) is 44.7 Å². The van der Waals surface area contributed by atoms with Gasteiger partial charge in [0, 0.05) is 6.42 Å². The molecule has 0 aromatic carbocycles. The maximum Gasteiger partial charge on any atom is 0.310 e. The number of aliphatic hydroxyl groups excluding tert-OH is 2. The third-order valence-electron chi connectivity index (χ3n) is 8.68. The lowest BCUT2D eigenvalue weighted by Gasteiger charge is -2.44. The van der Waals surface area contributed by atoms with Crippen molar-refractivity contribution < 1.29 is 19.7 Å². The second kappa shape index (κ2) is 8.71. The fourth-order valence-electron chi connectivity index (χ4n) is 6.98. The van der Waals surface area contributed by atoms with Crippen LogP contribution in [-0.4, -0.2) is 34.5 Å². The van der Waals surface area contributed by atoms with Crippen LogP contribution in [0, 0.1) is 23.2 Å². The van der Waals surface area contributed by atoms with Crippen molar-refractivity contribution in [2.45, 2.75) is 89.9 Å². The Morgan fingerprint density at radius 2 is 2.03 bits per heavy atom. The zero-order valence-electron chi connectivity index (χ0n) is 19.1. The van der Waals surface area contributed by atoms with Crippen molar-refractivity contribution in [3.8, 4) is 0 Å². The fraction of sp³-hybridized carbons (Fsp3) is 0.667. The molecule has 1 saturated heterocycles. The first-order valence-corrected chi connectivity index (χ1v) is 12.0. The zero-order valence-corrected chi connectivity index (χ0v) is 19.1. The maximum absolute atomic E-state index is 11.6. The minimum absolute atomic E-state index is 0.108. The molecule has 4 rings (SSSR count). The Morgan fingerprint density at radius 1 is 1.26 bits per heavy atom. The Hall–Kier alpha value is -1.65. The van der Waals surface area contributed by atoms with Gasteiger partial charge in [-0.2, -0.15) is 0 Å². The molecule has 7 atom stereocenters. The number of carbonyl (C=O) groups is 1. The zero-order chi connectivity index (χ0) is 22.3. The molecule has 4 fully saturated rings. The second-order valence-electron chi connectivity index (χ2n) is 10.7. The largest absolute Gasteiger partial charge is 0.458 e. The molecule has 4 aliphatic rings. The number of hydrogen-bond acceptors (Lipinski definition) is 4. The topological polar surface area (TPSA) is 66.8 Å². The van der Waals surface area contributed by atoms with Gasteiger partial charge in [0.05, 0.1) is 18.6 Å². The summed E-state index contributed by atoms with van der Waals surface area (Å²) >= 11 is 0. The highest BCUT2D eigenvalue weighted by molar-refractivity contribution is 5.76. The molecule has 0 bridgehead atoms. The van der Waals surface area contributed by atoms with Crippen molar-refractivity contribution >= 4 is 5.97 Å². The van der Waals surface area contributed by atoms with Gasteiger partial charge in [-0.05, 0) is 84.8 Å². The molecule has 4 heteroatoms. The molecule has 170 valence electrons. The van der Waals surface area contributed by atoms with Crippen molar-refractivity contribution in [2.24, 2.45) is 23.2 Å². The highest BCUT2D eigenvalue weighted by atomic mass is 16.5. The number of rotatable bonds is 4. The Labute approximate surface area is 186 Å². The van der Waals surface area contributed by atoms with Crippen molar-refractivity contribution in [2.75, 3.05) is 0 Å². The van der Waals surface area contributed by atoms with E-state index in [2.05, 4.69) is 39.2 Å². The lowest BCUT2D eigenvalue weighted by molar-refractivity contribution is -0.142. The van der Waals surface area contributed by atoms with Gasteiger partial charge in [-0.15, -0.1) is 0 Å². The van der Waals surface area contributed by atoms with Crippen LogP contribution in [0.3, 0.4) is 0 Å². The van der Waals surface area contributed by atoms with Gasteiger partial charge < -0.3 is 14.9 Å². The van der Waals surface area contributed by atoms with Crippen LogP contribution >= 0.6 is 0 Å². The van der Waals surface area contributed by atoms with E-state index in [1.165, 1.54) is 31.3 Å². The average Bonchev–Trinajstić information content (AvgIpc) is 3.21. The van der Waals surface area contributed by atoms with Crippen molar-refractivity contribution in [3.05, 3.63) is 47.6 Å². The molecule has 0 radical (unpaired) electrons. The van der Waals surface area contributed by atoms with Crippen LogP contribution in [-0.2, 0) is 9.53 Å². The SMILES string of the molecule is C=C1CC(=O)O[C@H]1C[C@@H](C)C1CCC2/C(=C/C=C3/C[C@@H](O)C[C@H](O)C3=C)CCCC21C. The number of ether oxygens (including phenoxy) is 1. The molecule has 1 aliphatic heterocycles. The number of hydrogen-bond donors (Lipinski definition) is 2. The van der Waals surface area contributed by atoms with E-state index in [1.54, 1.807) is 0 Å². The van der Waals surface area contributed by atoms with E-state index in [9.17, 15) is 15.0 Å². The number of carbonyl (C=O) groups excluding carboxylic acids is 1. The summed E-state index contributed by atoms with van der Waals surface area (Å²) in [7, 11) is 0. The Bertz CT molecular complexity index is 821. The molecular weight excluding hydrogens is 388 g/mol. The highest BCUT2D eigenvalue weighted by Gasteiger charge is 2.51. The number of esters is 1. The van der Waals surface area contributed by atoms with Gasteiger partial charge in [-0.3, -0.25) is 4.79 Å². The molecule has 0 aromatic rings. The lowest BCUT2D eigenvalue weighted by atomic mass is 9.60. The number of aliphatic hydroxyl groups is 2. The van der Waals surface area contributed by atoms with Crippen molar-refractivity contribution in [1.29, 1.82) is 0 Å². The van der Waals surface area contributed by atoms with E-state index < -0.39 is 12.2 Å². The Morgan fingerprint density at radius 3 is 2.74 bits per heavy atom. The molecule has 3 aliphatic carbocycles. The lowest BCUT2D eigenvalue weighted by Crippen LogP contribution is -2.36. The first-order valence-electron chi connectivity index (χ1n) is 12.0. The first kappa shape index (κ1) is 22.5. The fourth-order valence-corrected chi connectivity index (χ4v) is 6.98. The summed E-state index contributed by atoms with van der Waals surface area (Å²) < 4.78 is 5.52. The van der Waals surface area contributed by atoms with E-state index in [-0.39, 0.29) is 17.5 Å². The van der Waals surface area contributed by atoms with Gasteiger partial charge in [-0.25, -0.2) is 0 Å². The molecule has 4 nitrogen and oxygen atoms in total. The molecule has 0 amide bonds. The number of cyclic esters (lactones) is 1. The van der Waals surface area contributed by atoms with Crippen molar-refractivity contribution in [1.82, 2.24) is 0 Å². The quantitative estimate of drug-likeness (QED) is 0.489. The van der Waals surface area contributed by atoms with E-state index in [1.807, 2.05) is 0 Å². The van der Waals surface area contributed by atoms with Gasteiger partial charge in [0.2, 0.25) is 0 Å². The number of allylic oxidation sites excluding steroid dienone is 3. The van der Waals surface area contributed by atoms with E-state index in [0.717, 1.165) is 29.6 Å². The van der Waals surface area contributed by atoms with E-state index in [0.29, 0.717) is 37.0 Å². The summed E-state index contributed by atoms with van der Waals surface area (Å²) in [6, 6.07) is 0. The molecule has 0 aromatic heterocycles. The molecule has 1 heterocycles. The molecule has 2 N–H and O–H groups in total. The molecule has 3 saturated carbocycles. The first-order chi connectivity index (χ1) is 14.7. The summed E-state index contributed by atoms with van der Waals surface area (Å²) in [6.45, 7) is 12.9. The minimum Gasteiger partial charge on any atom is -0.458 e. The summed E-state index contributed by atoms with van der Waals surface area (Å²) in [5.41, 5.74) is 4.45. The van der Waals surface area contributed by atoms with Gasteiger partial charge in [0.25, 0.3) is 0 Å². The molecule has 31 heavy (non-hydrogen) atoms. The van der Waals surface area contributed by atoms with Crippen LogP contribution in [0.5, 0.6) is 0 Å². The Kier molecular flexibility index (Phi) is 6.33. The maximum atomic E-state index is 11.6. The van der Waals surface area contributed by atoms with Crippen LogP contribution in [0.15, 0.2) is 47.6 Å². The molecule has 3 unspecified atom stereocenters. The molecular formula is C27H38O4. The summed E-state index contributed by atoms with van der Waals surface area (Å²) in [5, 5.41) is 20.2. The normalized spacial score (nSPS) is 42.2. The van der Waals surface area contributed by atoms with E-state index in [4.69, 9.17) is 4.74 Å². The predicted molar refractivity (Wildman–Crippen MR) is 122 cm³/mol. The second-order valence-corrected chi connectivity index (χ2v) is 10.7. The standard InChI is InChI=1S/C27H38O4/c1-16(12-25-17(2)13-26(30)31-25)22-9-10-23-19(6-5-11-27(22,23)4)7-8-20-14-21(28)15-24(29)18(20)3/h7-8,16,21-25,28-29H,2-3,5-6,9-15H2,1,4H3/b19-7+,20-8-/t16-,21-,22?,23?,24+,25+,27?/m1/s1. The van der Waals surface area contributed by atoms with E-state index >= 15 is 0 Å². The Balaban J connectivity index is 1.49. The highest BCUT2D eigenvalue weighted by Crippen LogP contribution is 2.60. The monoisotopic (exact) mass is 426 g/mol. The third kappa shape index (κ3) is 4.34. The van der Waals surface area contributed by atoms with Gasteiger partial charge in [0.15, 0.2) is 0 Å². The van der Waals surface area contributed by atoms with Crippen LogP contribution in [0.2, 0.25) is 0 Å².